The van der Waals surface area contributed by atoms with Gasteiger partial charge in [0.05, 0.1) is 12.7 Å². The predicted molar refractivity (Wildman–Crippen MR) is 131 cm³/mol. The molecule has 0 aromatic heterocycles. The zero-order valence-corrected chi connectivity index (χ0v) is 19.0. The van der Waals surface area contributed by atoms with Crippen molar-refractivity contribution in [2.75, 3.05) is 25.6 Å². The highest BCUT2D eigenvalue weighted by Crippen LogP contribution is 2.35. The quantitative estimate of drug-likeness (QED) is 0.318. The van der Waals surface area contributed by atoms with Gasteiger partial charge in [0.15, 0.2) is 0 Å². The minimum atomic E-state index is -1.08. The second kappa shape index (κ2) is 9.27. The molecule has 0 aliphatic carbocycles. The van der Waals surface area contributed by atoms with E-state index in [4.69, 9.17) is 15.9 Å². The number of hydrogen-bond donors (Lipinski definition) is 4. The van der Waals surface area contributed by atoms with E-state index in [1.807, 2.05) is 24.3 Å². The SMILES string of the molecule is CNC(=O)c1ccc(CN2CCc3cc(C(=N)N)ccc32)c(-c2ccc(OC)cc2C(=O)O)c1. The topological polar surface area (TPSA) is 129 Å². The number of carboxylic acid groups (broad SMARTS) is 1. The number of rotatable bonds is 7. The first kappa shape index (κ1) is 22.8. The zero-order valence-electron chi connectivity index (χ0n) is 19.0. The van der Waals surface area contributed by atoms with Crippen LogP contribution in [0, 0.1) is 5.41 Å². The summed E-state index contributed by atoms with van der Waals surface area (Å²) in [5.41, 5.74) is 11.1. The maximum atomic E-state index is 12.3. The van der Waals surface area contributed by atoms with Crippen molar-refractivity contribution in [3.8, 4) is 16.9 Å². The van der Waals surface area contributed by atoms with Gasteiger partial charge in [0, 0.05) is 37.0 Å². The number of carboxylic acids is 1. The fourth-order valence-corrected chi connectivity index (χ4v) is 4.32. The molecule has 0 unspecified atom stereocenters. The predicted octanol–water partition coefficient (Wildman–Crippen LogP) is 3.27. The molecule has 0 bridgehead atoms. The van der Waals surface area contributed by atoms with Crippen LogP contribution in [0.2, 0.25) is 0 Å². The number of nitrogens with two attached hydrogens (primary N) is 1. The van der Waals surface area contributed by atoms with Crippen molar-refractivity contribution in [1.29, 1.82) is 5.41 Å². The number of fused-ring (bicyclic) bond motifs is 1. The summed E-state index contributed by atoms with van der Waals surface area (Å²) in [6, 6.07) is 16.0. The van der Waals surface area contributed by atoms with Gasteiger partial charge in [-0.05, 0) is 77.2 Å². The molecule has 1 aliphatic heterocycles. The molecule has 0 radical (unpaired) electrons. The van der Waals surface area contributed by atoms with Crippen LogP contribution in [0.4, 0.5) is 5.69 Å². The standard InChI is InChI=1S/C26H26N4O4/c1-29-25(31)17-3-4-18(14-30-10-9-15-11-16(24(27)28)5-8-23(15)30)21(12-17)20-7-6-19(34-2)13-22(20)26(32)33/h3-8,11-13H,9-10,14H2,1-2H3,(H3,27,28)(H,29,31)(H,32,33). The average molecular weight is 459 g/mol. The molecule has 8 nitrogen and oxygen atoms in total. The van der Waals surface area contributed by atoms with Crippen LogP contribution < -0.4 is 20.7 Å². The Balaban J connectivity index is 1.79. The van der Waals surface area contributed by atoms with Gasteiger partial charge in [-0.2, -0.15) is 0 Å². The van der Waals surface area contributed by atoms with Gasteiger partial charge in [0.2, 0.25) is 0 Å². The fourth-order valence-electron chi connectivity index (χ4n) is 4.32. The Labute approximate surface area is 197 Å². The van der Waals surface area contributed by atoms with Crippen molar-refractivity contribution in [3.05, 3.63) is 82.4 Å². The van der Waals surface area contributed by atoms with Crippen LogP contribution in [0.25, 0.3) is 11.1 Å². The van der Waals surface area contributed by atoms with E-state index in [2.05, 4.69) is 10.2 Å². The Morgan fingerprint density at radius 3 is 2.53 bits per heavy atom. The number of amides is 1. The molecule has 1 aliphatic rings. The van der Waals surface area contributed by atoms with Gasteiger partial charge < -0.3 is 25.8 Å². The Kier molecular flexibility index (Phi) is 6.23. The highest BCUT2D eigenvalue weighted by atomic mass is 16.5. The molecular formula is C26H26N4O4. The van der Waals surface area contributed by atoms with E-state index in [9.17, 15) is 14.7 Å². The van der Waals surface area contributed by atoms with Crippen LogP contribution in [0.15, 0.2) is 54.6 Å². The Morgan fingerprint density at radius 1 is 1.09 bits per heavy atom. The maximum Gasteiger partial charge on any atom is 0.336 e. The summed E-state index contributed by atoms with van der Waals surface area (Å²) in [5, 5.41) is 20.2. The number of amidine groups is 1. The summed E-state index contributed by atoms with van der Waals surface area (Å²) in [6.45, 7) is 1.31. The molecule has 8 heteroatoms. The first-order valence-corrected chi connectivity index (χ1v) is 10.8. The van der Waals surface area contributed by atoms with E-state index in [1.165, 1.54) is 13.2 Å². The molecular weight excluding hydrogens is 432 g/mol. The second-order valence-corrected chi connectivity index (χ2v) is 8.10. The number of nitrogen functional groups attached to an aromatic ring is 1. The number of anilines is 1. The fraction of sp³-hybridized carbons (Fsp3) is 0.192. The largest absolute Gasteiger partial charge is 0.497 e. The van der Waals surface area contributed by atoms with Crippen molar-refractivity contribution in [2.45, 2.75) is 13.0 Å². The zero-order chi connectivity index (χ0) is 24.4. The van der Waals surface area contributed by atoms with Gasteiger partial charge in [-0.1, -0.05) is 6.07 Å². The first-order valence-electron chi connectivity index (χ1n) is 10.8. The number of nitrogens with zero attached hydrogens (tertiary/aromatic N) is 1. The van der Waals surface area contributed by atoms with Gasteiger partial charge in [-0.3, -0.25) is 10.2 Å². The monoisotopic (exact) mass is 458 g/mol. The van der Waals surface area contributed by atoms with Crippen LogP contribution in [0.5, 0.6) is 5.75 Å². The highest BCUT2D eigenvalue weighted by Gasteiger charge is 2.23. The van der Waals surface area contributed by atoms with Crippen LogP contribution >= 0.6 is 0 Å². The van der Waals surface area contributed by atoms with Crippen LogP contribution in [0.3, 0.4) is 0 Å². The molecule has 0 atom stereocenters. The second-order valence-electron chi connectivity index (χ2n) is 8.10. The molecule has 0 saturated carbocycles. The average Bonchev–Trinajstić information content (AvgIpc) is 3.25. The van der Waals surface area contributed by atoms with Crippen LogP contribution in [0.1, 0.15) is 37.4 Å². The Morgan fingerprint density at radius 2 is 1.85 bits per heavy atom. The summed E-state index contributed by atoms with van der Waals surface area (Å²) in [6.07, 6.45) is 0.824. The first-order chi connectivity index (χ1) is 16.3. The van der Waals surface area contributed by atoms with E-state index in [-0.39, 0.29) is 17.3 Å². The maximum absolute atomic E-state index is 12.3. The van der Waals surface area contributed by atoms with E-state index in [1.54, 1.807) is 31.3 Å². The molecule has 3 aromatic rings. The summed E-state index contributed by atoms with van der Waals surface area (Å²) in [7, 11) is 3.04. The summed E-state index contributed by atoms with van der Waals surface area (Å²) >= 11 is 0. The van der Waals surface area contributed by atoms with Crippen molar-refractivity contribution in [2.24, 2.45) is 5.73 Å². The lowest BCUT2D eigenvalue weighted by Gasteiger charge is -2.23. The number of benzene rings is 3. The third-order valence-corrected chi connectivity index (χ3v) is 6.09. The van der Waals surface area contributed by atoms with Crippen molar-refractivity contribution in [3.63, 3.8) is 0 Å². The molecule has 1 amide bonds. The molecule has 174 valence electrons. The third-order valence-electron chi connectivity index (χ3n) is 6.09. The van der Waals surface area contributed by atoms with Gasteiger partial charge >= 0.3 is 5.97 Å². The lowest BCUT2D eigenvalue weighted by molar-refractivity contribution is 0.0697. The lowest BCUT2D eigenvalue weighted by Crippen LogP contribution is -2.21. The number of methoxy groups -OCH3 is 1. The molecule has 5 N–H and O–H groups in total. The van der Waals surface area contributed by atoms with Gasteiger partial charge in [0.25, 0.3) is 5.91 Å². The van der Waals surface area contributed by atoms with Gasteiger partial charge in [-0.25, -0.2) is 4.79 Å². The number of hydrogen-bond acceptors (Lipinski definition) is 5. The Hall–Kier alpha value is -4.33. The highest BCUT2D eigenvalue weighted by molar-refractivity contribution is 6.00. The third kappa shape index (κ3) is 4.30. The summed E-state index contributed by atoms with van der Waals surface area (Å²) in [5.74, 6) is -0.844. The molecule has 0 fully saturated rings. The number of ether oxygens (including phenoxy) is 1. The van der Waals surface area contributed by atoms with E-state index in [0.717, 1.165) is 29.8 Å². The van der Waals surface area contributed by atoms with Crippen molar-refractivity contribution < 1.29 is 19.4 Å². The van der Waals surface area contributed by atoms with E-state index in [0.29, 0.717) is 34.5 Å². The van der Waals surface area contributed by atoms with Crippen molar-refractivity contribution in [1.82, 2.24) is 5.32 Å². The molecule has 0 saturated heterocycles. The summed E-state index contributed by atoms with van der Waals surface area (Å²) < 4.78 is 5.22. The molecule has 0 spiro atoms. The lowest BCUT2D eigenvalue weighted by atomic mass is 9.92. The molecule has 1 heterocycles. The number of nitrogens with one attached hydrogen (secondary N) is 2. The number of carbonyl (C=O) groups is 2. The van der Waals surface area contributed by atoms with E-state index >= 15 is 0 Å². The van der Waals surface area contributed by atoms with Crippen molar-refractivity contribution >= 4 is 23.4 Å². The Bertz CT molecular complexity index is 1300. The molecule has 3 aromatic carbocycles. The van der Waals surface area contributed by atoms with Crippen LogP contribution in [-0.2, 0) is 13.0 Å². The van der Waals surface area contributed by atoms with Gasteiger partial charge in [0.1, 0.15) is 11.6 Å². The van der Waals surface area contributed by atoms with Gasteiger partial charge in [-0.15, -0.1) is 0 Å². The summed E-state index contributed by atoms with van der Waals surface area (Å²) in [4.78, 5) is 26.6. The van der Waals surface area contributed by atoms with Crippen LogP contribution in [-0.4, -0.2) is 43.5 Å². The molecule has 34 heavy (non-hydrogen) atoms. The normalized spacial score (nSPS) is 12.2. The van der Waals surface area contributed by atoms with E-state index < -0.39 is 5.97 Å². The minimum Gasteiger partial charge on any atom is -0.497 e. The number of carbonyl (C=O) groups excluding carboxylic acids is 1. The molecule has 4 rings (SSSR count). The smallest absolute Gasteiger partial charge is 0.336 e. The minimum absolute atomic E-state index is 0.0361. The number of aromatic carboxylic acids is 1.